The zero-order valence-corrected chi connectivity index (χ0v) is 12.3. The number of carbonyl (C=O) groups excluding carboxylic acids is 2. The molecule has 0 saturated carbocycles. The predicted molar refractivity (Wildman–Crippen MR) is 73.3 cm³/mol. The fraction of sp³-hybridized carbons (Fsp3) is 0.250. The van der Waals surface area contributed by atoms with Gasteiger partial charge in [0.1, 0.15) is 6.54 Å². The number of rotatable bonds is 7. The number of nitrogens with one attached hydrogen (secondary N) is 2. The minimum Gasteiger partial charge on any atom is -0.481 e. The van der Waals surface area contributed by atoms with Crippen molar-refractivity contribution in [2.75, 3.05) is 19.7 Å². The lowest BCUT2D eigenvalue weighted by Crippen LogP contribution is -2.40. The van der Waals surface area contributed by atoms with E-state index in [1.165, 1.54) is 12.1 Å². The lowest BCUT2D eigenvalue weighted by molar-refractivity contribution is -0.137. The van der Waals surface area contributed by atoms with Gasteiger partial charge in [-0.1, -0.05) is 15.9 Å². The lowest BCUT2D eigenvalue weighted by atomic mass is 10.3. The number of benzene rings is 1. The van der Waals surface area contributed by atoms with E-state index >= 15 is 0 Å². The van der Waals surface area contributed by atoms with Crippen LogP contribution in [-0.4, -0.2) is 42.6 Å². The fourth-order valence-electron chi connectivity index (χ4n) is 1.20. The van der Waals surface area contributed by atoms with Gasteiger partial charge < -0.3 is 20.5 Å². The third-order valence-corrected chi connectivity index (χ3v) is 2.63. The molecule has 0 heterocycles. The highest BCUT2D eigenvalue weighted by atomic mass is 79.9. The summed E-state index contributed by atoms with van der Waals surface area (Å²) in [6, 6.07) is 4.09. The van der Waals surface area contributed by atoms with E-state index in [0.29, 0.717) is 4.47 Å². The average Bonchev–Trinajstić information content (AvgIpc) is 2.41. The summed E-state index contributed by atoms with van der Waals surface area (Å²) < 4.78 is 18.9. The van der Waals surface area contributed by atoms with E-state index < -0.39 is 43.3 Å². The molecule has 21 heavy (non-hydrogen) atoms. The maximum absolute atomic E-state index is 13.4. The minimum absolute atomic E-state index is 0.0938. The summed E-state index contributed by atoms with van der Waals surface area (Å²) >= 11 is 3.08. The Morgan fingerprint density at radius 3 is 2.48 bits per heavy atom. The van der Waals surface area contributed by atoms with Crippen LogP contribution in [0.25, 0.3) is 0 Å². The van der Waals surface area contributed by atoms with Gasteiger partial charge in [0.2, 0.25) is 5.91 Å². The van der Waals surface area contributed by atoms with Gasteiger partial charge in [0.15, 0.2) is 18.2 Å². The van der Waals surface area contributed by atoms with Gasteiger partial charge in [-0.25, -0.2) is 4.39 Å². The van der Waals surface area contributed by atoms with Crippen LogP contribution in [0.15, 0.2) is 22.7 Å². The summed E-state index contributed by atoms with van der Waals surface area (Å²) in [5.41, 5.74) is 0. The van der Waals surface area contributed by atoms with Gasteiger partial charge >= 0.3 is 5.97 Å². The topological polar surface area (TPSA) is 105 Å². The summed E-state index contributed by atoms with van der Waals surface area (Å²) in [6.07, 6.45) is 0. The van der Waals surface area contributed by atoms with E-state index in [0.717, 1.165) is 0 Å². The second-order valence-electron chi connectivity index (χ2n) is 3.81. The quantitative estimate of drug-likeness (QED) is 0.646. The van der Waals surface area contributed by atoms with Gasteiger partial charge in [-0.05, 0) is 18.2 Å². The minimum atomic E-state index is -1.19. The van der Waals surface area contributed by atoms with Gasteiger partial charge in [-0.15, -0.1) is 0 Å². The van der Waals surface area contributed by atoms with Gasteiger partial charge in [0.25, 0.3) is 5.91 Å². The number of carboxylic acids is 1. The van der Waals surface area contributed by atoms with E-state index in [1.807, 2.05) is 0 Å². The van der Waals surface area contributed by atoms with E-state index in [9.17, 15) is 18.8 Å². The first-order valence-electron chi connectivity index (χ1n) is 5.71. The van der Waals surface area contributed by atoms with Crippen molar-refractivity contribution in [2.45, 2.75) is 0 Å². The van der Waals surface area contributed by atoms with Gasteiger partial charge in [0, 0.05) is 4.47 Å². The summed E-state index contributed by atoms with van der Waals surface area (Å²) in [4.78, 5) is 32.7. The molecule has 0 atom stereocenters. The molecule has 0 aliphatic heterocycles. The SMILES string of the molecule is O=C(O)CNC(=O)CNC(=O)COc1ccc(Br)cc1F. The van der Waals surface area contributed by atoms with Crippen molar-refractivity contribution in [3.63, 3.8) is 0 Å². The zero-order valence-electron chi connectivity index (χ0n) is 10.7. The Hall–Kier alpha value is -2.16. The monoisotopic (exact) mass is 362 g/mol. The first kappa shape index (κ1) is 16.9. The number of hydrogen-bond donors (Lipinski definition) is 3. The molecule has 0 spiro atoms. The molecular formula is C12H12BrFN2O5. The molecule has 114 valence electrons. The number of aliphatic carboxylic acids is 1. The molecule has 0 fully saturated rings. The van der Waals surface area contributed by atoms with E-state index in [-0.39, 0.29) is 5.75 Å². The Bertz CT molecular complexity index is 552. The van der Waals surface area contributed by atoms with Crippen LogP contribution in [0, 0.1) is 5.82 Å². The molecule has 3 N–H and O–H groups in total. The first-order chi connectivity index (χ1) is 9.88. The Labute approximate surface area is 127 Å². The lowest BCUT2D eigenvalue weighted by Gasteiger charge is -2.08. The number of ether oxygens (including phenoxy) is 1. The summed E-state index contributed by atoms with van der Waals surface area (Å²) in [5.74, 6) is -3.20. The van der Waals surface area contributed by atoms with E-state index in [2.05, 4.69) is 26.6 Å². The van der Waals surface area contributed by atoms with Crippen LogP contribution in [0.5, 0.6) is 5.75 Å². The molecule has 0 unspecified atom stereocenters. The normalized spacial score (nSPS) is 9.81. The van der Waals surface area contributed by atoms with Crippen molar-refractivity contribution in [1.82, 2.24) is 10.6 Å². The Morgan fingerprint density at radius 2 is 1.86 bits per heavy atom. The molecule has 7 nitrogen and oxygen atoms in total. The number of amides is 2. The summed E-state index contributed by atoms with van der Waals surface area (Å²) in [7, 11) is 0. The van der Waals surface area contributed by atoms with Gasteiger partial charge in [0.05, 0.1) is 6.54 Å². The van der Waals surface area contributed by atoms with Crippen molar-refractivity contribution in [2.24, 2.45) is 0 Å². The molecule has 2 amide bonds. The maximum atomic E-state index is 13.4. The fourth-order valence-corrected chi connectivity index (χ4v) is 1.54. The molecule has 0 bridgehead atoms. The highest BCUT2D eigenvalue weighted by Crippen LogP contribution is 2.21. The molecule has 9 heteroatoms. The largest absolute Gasteiger partial charge is 0.481 e. The zero-order chi connectivity index (χ0) is 15.8. The van der Waals surface area contributed by atoms with Crippen molar-refractivity contribution in [3.05, 3.63) is 28.5 Å². The smallest absolute Gasteiger partial charge is 0.322 e. The molecule has 1 aromatic carbocycles. The van der Waals surface area contributed by atoms with Crippen LogP contribution < -0.4 is 15.4 Å². The molecule has 0 aliphatic carbocycles. The molecule has 0 aromatic heterocycles. The summed E-state index contributed by atoms with van der Waals surface area (Å²) in [6.45, 7) is -1.39. The molecule has 1 rings (SSSR count). The highest BCUT2D eigenvalue weighted by molar-refractivity contribution is 9.10. The van der Waals surface area contributed by atoms with Crippen molar-refractivity contribution in [3.8, 4) is 5.75 Å². The first-order valence-corrected chi connectivity index (χ1v) is 6.51. The van der Waals surface area contributed by atoms with Crippen molar-refractivity contribution < 1.29 is 28.6 Å². The molecule has 0 aliphatic rings. The predicted octanol–water partition coefficient (Wildman–Crippen LogP) is 0.284. The Kier molecular flexibility index (Phi) is 6.60. The highest BCUT2D eigenvalue weighted by Gasteiger charge is 2.09. The number of halogens is 2. The second kappa shape index (κ2) is 8.20. The number of carboxylic acid groups (broad SMARTS) is 1. The number of hydrogen-bond acceptors (Lipinski definition) is 4. The van der Waals surface area contributed by atoms with Crippen molar-refractivity contribution >= 4 is 33.7 Å². The van der Waals surface area contributed by atoms with Crippen LogP contribution in [0.4, 0.5) is 4.39 Å². The second-order valence-corrected chi connectivity index (χ2v) is 4.73. The average molecular weight is 363 g/mol. The van der Waals surface area contributed by atoms with Crippen molar-refractivity contribution in [1.29, 1.82) is 0 Å². The number of carbonyl (C=O) groups is 3. The molecule has 0 saturated heterocycles. The van der Waals surface area contributed by atoms with Gasteiger partial charge in [-0.2, -0.15) is 0 Å². The molecule has 0 radical (unpaired) electrons. The van der Waals surface area contributed by atoms with Crippen LogP contribution in [0.3, 0.4) is 0 Å². The third-order valence-electron chi connectivity index (χ3n) is 2.14. The van der Waals surface area contributed by atoms with Crippen LogP contribution in [0.1, 0.15) is 0 Å². The van der Waals surface area contributed by atoms with E-state index in [1.54, 1.807) is 6.07 Å². The van der Waals surface area contributed by atoms with Gasteiger partial charge in [-0.3, -0.25) is 14.4 Å². The van der Waals surface area contributed by atoms with E-state index in [4.69, 9.17) is 9.84 Å². The third kappa shape index (κ3) is 6.70. The molecule has 1 aromatic rings. The van der Waals surface area contributed by atoms with Crippen LogP contribution in [-0.2, 0) is 14.4 Å². The Morgan fingerprint density at radius 1 is 1.19 bits per heavy atom. The maximum Gasteiger partial charge on any atom is 0.322 e. The Balaban J connectivity index is 2.31. The summed E-state index contributed by atoms with van der Waals surface area (Å²) in [5, 5.41) is 12.6. The van der Waals surface area contributed by atoms with Crippen LogP contribution >= 0.6 is 15.9 Å². The molecular weight excluding hydrogens is 351 g/mol. The van der Waals surface area contributed by atoms with Crippen LogP contribution in [0.2, 0.25) is 0 Å². The standard InChI is InChI=1S/C12H12BrFN2O5/c13-7-1-2-9(8(14)3-7)21-6-11(18)15-4-10(17)16-5-12(19)20/h1-3H,4-6H2,(H,15,18)(H,16,17)(H,19,20).